The average Bonchev–Trinajstić information content (AvgIpc) is 2.62. The normalized spacial score (nSPS) is 24.6. The third kappa shape index (κ3) is 5.24. The van der Waals surface area contributed by atoms with E-state index in [0.717, 1.165) is 17.9 Å². The highest BCUT2D eigenvalue weighted by atomic mass is 32.2. The molecule has 0 bridgehead atoms. The molecule has 3 atom stereocenters. The molecule has 1 fully saturated rings. The largest absolute Gasteiger partial charge is 0.473 e. The zero-order valence-electron chi connectivity index (χ0n) is 15.6. The van der Waals surface area contributed by atoms with E-state index in [1.165, 1.54) is 44.5 Å². The molecule has 0 amide bonds. The molecule has 2 N–H and O–H groups in total. The van der Waals surface area contributed by atoms with Gasteiger partial charge in [-0.05, 0) is 61.3 Å². The number of likely N-dealkylation sites (tertiary alicyclic amines) is 1. The van der Waals surface area contributed by atoms with Crippen molar-refractivity contribution in [3.05, 3.63) is 35.4 Å². The standard InChI is InChI=1S/C18H27NS.C2H2O4/c1-3-10-19-12-14(13-20-2)11-17-16-7-5-4-6-15(16)8-9-18(17)19;3-1(4)2(5)6/h4-7,14,17-18H,3,8-13H2,1-2H3;(H,3,4)(H,5,6)/t14-,17-,18-;/m1./s1. The van der Waals surface area contributed by atoms with Gasteiger partial charge in [0.25, 0.3) is 0 Å². The molecule has 0 spiro atoms. The molecule has 0 aromatic heterocycles. The van der Waals surface area contributed by atoms with Gasteiger partial charge in [-0.2, -0.15) is 11.8 Å². The molecule has 26 heavy (non-hydrogen) atoms. The predicted octanol–water partition coefficient (Wildman–Crippen LogP) is 3.34. The maximum Gasteiger partial charge on any atom is 0.414 e. The number of carboxylic acid groups (broad SMARTS) is 2. The summed E-state index contributed by atoms with van der Waals surface area (Å²) in [5.74, 6) is -0.655. The summed E-state index contributed by atoms with van der Waals surface area (Å²) in [4.78, 5) is 21.0. The Morgan fingerprint density at radius 3 is 2.54 bits per heavy atom. The molecule has 1 aromatic carbocycles. The van der Waals surface area contributed by atoms with E-state index in [1.807, 2.05) is 11.8 Å². The first-order chi connectivity index (χ1) is 12.5. The zero-order valence-corrected chi connectivity index (χ0v) is 16.4. The second-order valence-corrected chi connectivity index (χ2v) is 7.98. The van der Waals surface area contributed by atoms with Crippen molar-refractivity contribution in [1.82, 2.24) is 4.90 Å². The second-order valence-electron chi connectivity index (χ2n) is 7.07. The Balaban J connectivity index is 0.000000352. The van der Waals surface area contributed by atoms with Gasteiger partial charge in [-0.1, -0.05) is 31.2 Å². The van der Waals surface area contributed by atoms with Crippen LogP contribution in [0.4, 0.5) is 0 Å². The van der Waals surface area contributed by atoms with Gasteiger partial charge in [0.2, 0.25) is 0 Å². The van der Waals surface area contributed by atoms with E-state index in [4.69, 9.17) is 19.8 Å². The van der Waals surface area contributed by atoms with Gasteiger partial charge in [-0.3, -0.25) is 4.90 Å². The number of thioether (sulfide) groups is 1. The predicted molar refractivity (Wildman–Crippen MR) is 105 cm³/mol. The van der Waals surface area contributed by atoms with E-state index >= 15 is 0 Å². The minimum atomic E-state index is -1.82. The molecular weight excluding hydrogens is 350 g/mol. The van der Waals surface area contributed by atoms with Gasteiger partial charge < -0.3 is 10.2 Å². The summed E-state index contributed by atoms with van der Waals surface area (Å²) in [5, 5.41) is 14.8. The van der Waals surface area contributed by atoms with Crippen molar-refractivity contribution >= 4 is 23.7 Å². The summed E-state index contributed by atoms with van der Waals surface area (Å²) in [7, 11) is 0. The van der Waals surface area contributed by atoms with E-state index in [0.29, 0.717) is 0 Å². The molecule has 6 heteroatoms. The quantitative estimate of drug-likeness (QED) is 0.782. The van der Waals surface area contributed by atoms with Crippen LogP contribution in [-0.2, 0) is 16.0 Å². The fraction of sp³-hybridized carbons (Fsp3) is 0.600. The van der Waals surface area contributed by atoms with Gasteiger partial charge in [0.05, 0.1) is 0 Å². The summed E-state index contributed by atoms with van der Waals surface area (Å²) in [6.45, 7) is 4.94. The number of carbonyl (C=O) groups is 2. The highest BCUT2D eigenvalue weighted by Crippen LogP contribution is 2.42. The van der Waals surface area contributed by atoms with E-state index in [-0.39, 0.29) is 0 Å². The second kappa shape index (κ2) is 9.97. The smallest absolute Gasteiger partial charge is 0.414 e. The van der Waals surface area contributed by atoms with Crippen molar-refractivity contribution in [2.75, 3.05) is 25.1 Å². The lowest BCUT2D eigenvalue weighted by Gasteiger charge is -2.48. The summed E-state index contributed by atoms with van der Waals surface area (Å²) >= 11 is 2.02. The lowest BCUT2D eigenvalue weighted by atomic mass is 9.72. The van der Waals surface area contributed by atoms with Gasteiger partial charge in [0, 0.05) is 18.5 Å². The van der Waals surface area contributed by atoms with Crippen LogP contribution in [0.25, 0.3) is 0 Å². The highest BCUT2D eigenvalue weighted by Gasteiger charge is 2.39. The van der Waals surface area contributed by atoms with Crippen molar-refractivity contribution < 1.29 is 19.8 Å². The van der Waals surface area contributed by atoms with E-state index in [2.05, 4.69) is 42.3 Å². The molecule has 0 radical (unpaired) electrons. The number of aliphatic carboxylic acids is 2. The molecule has 1 heterocycles. The van der Waals surface area contributed by atoms with Crippen LogP contribution in [0, 0.1) is 5.92 Å². The van der Waals surface area contributed by atoms with Gasteiger partial charge in [0.1, 0.15) is 0 Å². The number of benzene rings is 1. The van der Waals surface area contributed by atoms with Crippen molar-refractivity contribution in [3.63, 3.8) is 0 Å². The van der Waals surface area contributed by atoms with E-state index in [9.17, 15) is 0 Å². The minimum Gasteiger partial charge on any atom is -0.473 e. The number of carboxylic acids is 2. The molecule has 144 valence electrons. The van der Waals surface area contributed by atoms with Crippen molar-refractivity contribution in [2.24, 2.45) is 5.92 Å². The number of rotatable bonds is 4. The molecule has 0 unspecified atom stereocenters. The monoisotopic (exact) mass is 379 g/mol. The van der Waals surface area contributed by atoms with Crippen LogP contribution in [0.1, 0.15) is 43.2 Å². The number of piperidine rings is 1. The molecule has 1 aromatic rings. The fourth-order valence-electron chi connectivity index (χ4n) is 4.36. The van der Waals surface area contributed by atoms with Gasteiger partial charge >= 0.3 is 11.9 Å². The molecule has 3 rings (SSSR count). The third-order valence-electron chi connectivity index (χ3n) is 5.27. The Kier molecular flexibility index (Phi) is 7.97. The molecule has 1 aliphatic carbocycles. The van der Waals surface area contributed by atoms with Crippen LogP contribution >= 0.6 is 11.8 Å². The molecule has 2 aliphatic rings. The Labute approximate surface area is 159 Å². The lowest BCUT2D eigenvalue weighted by Crippen LogP contribution is -2.50. The summed E-state index contributed by atoms with van der Waals surface area (Å²) in [6, 6.07) is 10.0. The van der Waals surface area contributed by atoms with E-state index in [1.54, 1.807) is 11.1 Å². The maximum atomic E-state index is 9.10. The first kappa shape index (κ1) is 20.8. The van der Waals surface area contributed by atoms with Crippen LogP contribution in [0.15, 0.2) is 24.3 Å². The Morgan fingerprint density at radius 1 is 1.23 bits per heavy atom. The van der Waals surface area contributed by atoms with Crippen molar-refractivity contribution in [2.45, 2.75) is 44.6 Å². The maximum absolute atomic E-state index is 9.10. The van der Waals surface area contributed by atoms with Gasteiger partial charge in [-0.15, -0.1) is 0 Å². The molecule has 0 saturated carbocycles. The van der Waals surface area contributed by atoms with Gasteiger partial charge in [0.15, 0.2) is 0 Å². The molecule has 5 nitrogen and oxygen atoms in total. The molecule has 1 aliphatic heterocycles. The number of aryl methyl sites for hydroxylation is 1. The lowest BCUT2D eigenvalue weighted by molar-refractivity contribution is -0.159. The van der Waals surface area contributed by atoms with Crippen LogP contribution in [0.2, 0.25) is 0 Å². The zero-order chi connectivity index (χ0) is 19.1. The highest BCUT2D eigenvalue weighted by molar-refractivity contribution is 7.98. The van der Waals surface area contributed by atoms with Gasteiger partial charge in [-0.25, -0.2) is 9.59 Å². The summed E-state index contributed by atoms with van der Waals surface area (Å²) in [6.07, 6.45) is 7.60. The Morgan fingerprint density at radius 2 is 1.92 bits per heavy atom. The summed E-state index contributed by atoms with van der Waals surface area (Å²) in [5.41, 5.74) is 3.28. The Bertz CT molecular complexity index is 610. The first-order valence-corrected chi connectivity index (χ1v) is 10.6. The number of hydrogen-bond donors (Lipinski definition) is 2. The molecular formula is C20H29NO4S. The number of nitrogens with zero attached hydrogens (tertiary/aromatic N) is 1. The SMILES string of the molecule is CCCN1C[C@H](CSC)C[C@@H]2c3ccccc3CC[C@H]21.O=C(O)C(=O)O. The van der Waals surface area contributed by atoms with Crippen LogP contribution in [0.5, 0.6) is 0 Å². The summed E-state index contributed by atoms with van der Waals surface area (Å²) < 4.78 is 0. The molecule has 1 saturated heterocycles. The van der Waals surface area contributed by atoms with Crippen LogP contribution in [0.3, 0.4) is 0 Å². The number of fused-ring (bicyclic) bond motifs is 3. The first-order valence-electron chi connectivity index (χ1n) is 9.24. The minimum absolute atomic E-state index is 0.789. The average molecular weight is 380 g/mol. The van der Waals surface area contributed by atoms with Crippen LogP contribution < -0.4 is 0 Å². The van der Waals surface area contributed by atoms with Crippen molar-refractivity contribution in [1.29, 1.82) is 0 Å². The Hall–Kier alpha value is -1.53. The van der Waals surface area contributed by atoms with E-state index < -0.39 is 11.9 Å². The topological polar surface area (TPSA) is 77.8 Å². The van der Waals surface area contributed by atoms with Crippen LogP contribution in [-0.4, -0.2) is 58.2 Å². The third-order valence-corrected chi connectivity index (χ3v) is 6.08. The number of hydrogen-bond acceptors (Lipinski definition) is 4. The fourth-order valence-corrected chi connectivity index (χ4v) is 5.07. The van der Waals surface area contributed by atoms with Crippen molar-refractivity contribution in [3.8, 4) is 0 Å².